The minimum absolute atomic E-state index is 0.273. The van der Waals surface area contributed by atoms with E-state index in [1.807, 2.05) is 20.8 Å². The van der Waals surface area contributed by atoms with Crippen LogP contribution in [-0.4, -0.2) is 17.2 Å². The van der Waals surface area contributed by atoms with E-state index < -0.39 is 18.0 Å². The van der Waals surface area contributed by atoms with E-state index in [-0.39, 0.29) is 5.92 Å². The summed E-state index contributed by atoms with van der Waals surface area (Å²) in [6.45, 7) is 5.80. The molecule has 78 valence electrons. The molecule has 0 bridgehead atoms. The minimum Gasteiger partial charge on any atom is -0.550 e. The maximum atomic E-state index is 10.7. The summed E-state index contributed by atoms with van der Waals surface area (Å²) in [7, 11) is 0. The maximum absolute atomic E-state index is 10.7. The predicted molar refractivity (Wildman–Crippen MR) is 48.9 cm³/mol. The fourth-order valence-electron chi connectivity index (χ4n) is 1.42. The van der Waals surface area contributed by atoms with E-state index in [9.17, 15) is 15.0 Å². The zero-order valence-corrected chi connectivity index (χ0v) is 8.62. The monoisotopic (exact) mass is 187 g/mol. The Labute approximate surface area is 79.8 Å². The molecule has 3 nitrogen and oxygen atoms in total. The van der Waals surface area contributed by atoms with Crippen LogP contribution in [0, 0.1) is 11.8 Å². The third-order valence-corrected chi connectivity index (χ3v) is 2.08. The van der Waals surface area contributed by atoms with Crippen LogP contribution in [0.3, 0.4) is 0 Å². The third-order valence-electron chi connectivity index (χ3n) is 2.08. The van der Waals surface area contributed by atoms with Crippen LogP contribution in [0.25, 0.3) is 0 Å². The second kappa shape index (κ2) is 5.97. The lowest BCUT2D eigenvalue weighted by Gasteiger charge is -2.25. The molecule has 0 saturated heterocycles. The number of carboxylic acids is 1. The van der Waals surface area contributed by atoms with Crippen molar-refractivity contribution in [2.45, 2.75) is 46.1 Å². The largest absolute Gasteiger partial charge is 0.550 e. The van der Waals surface area contributed by atoms with Gasteiger partial charge in [-0.15, -0.1) is 0 Å². The van der Waals surface area contributed by atoms with Crippen molar-refractivity contribution in [2.24, 2.45) is 11.8 Å². The van der Waals surface area contributed by atoms with Crippen LogP contribution in [0.1, 0.15) is 40.0 Å². The lowest BCUT2D eigenvalue weighted by atomic mass is 9.90. The van der Waals surface area contributed by atoms with E-state index in [4.69, 9.17) is 0 Å². The Morgan fingerprint density at radius 1 is 1.46 bits per heavy atom. The zero-order valence-electron chi connectivity index (χ0n) is 8.62. The molecule has 0 aromatic heterocycles. The average molecular weight is 187 g/mol. The normalized spacial score (nSPS) is 15.8. The summed E-state index contributed by atoms with van der Waals surface area (Å²) in [5, 5.41) is 20.2. The fraction of sp³-hybridized carbons (Fsp3) is 0.900. The molecular weight excluding hydrogens is 168 g/mol. The van der Waals surface area contributed by atoms with Gasteiger partial charge < -0.3 is 15.0 Å². The Balaban J connectivity index is 4.15. The van der Waals surface area contributed by atoms with Crippen molar-refractivity contribution in [1.29, 1.82) is 0 Å². The Morgan fingerprint density at radius 3 is 2.31 bits per heavy atom. The minimum atomic E-state index is -1.13. The number of carboxylic acid groups (broad SMARTS) is 1. The summed E-state index contributed by atoms with van der Waals surface area (Å²) in [5.74, 6) is -1.57. The highest BCUT2D eigenvalue weighted by molar-refractivity contribution is 5.68. The Morgan fingerprint density at radius 2 is 2.00 bits per heavy atom. The number of carbonyl (C=O) groups excluding carboxylic acids is 1. The smallest absolute Gasteiger partial charge is 0.0620 e. The Bertz CT molecular complexity index is 154. The number of aliphatic hydroxyl groups is 1. The van der Waals surface area contributed by atoms with Gasteiger partial charge in [0.2, 0.25) is 0 Å². The fourth-order valence-corrected chi connectivity index (χ4v) is 1.42. The van der Waals surface area contributed by atoms with Crippen LogP contribution < -0.4 is 5.11 Å². The maximum Gasteiger partial charge on any atom is 0.0620 e. The van der Waals surface area contributed by atoms with Crippen molar-refractivity contribution < 1.29 is 15.0 Å². The standard InChI is InChI=1S/C10H20O3/c1-4-5-9(11)8(10(12)13)6-7(2)3/h7-9,11H,4-6H2,1-3H3,(H,12,13)/p-1. The number of aliphatic hydroxyl groups excluding tert-OH is 1. The molecule has 0 aliphatic heterocycles. The van der Waals surface area contributed by atoms with E-state index in [0.717, 1.165) is 6.42 Å². The highest BCUT2D eigenvalue weighted by Gasteiger charge is 2.20. The summed E-state index contributed by atoms with van der Waals surface area (Å²) in [5.41, 5.74) is 0. The van der Waals surface area contributed by atoms with E-state index in [0.29, 0.717) is 12.8 Å². The molecule has 0 aliphatic carbocycles. The summed E-state index contributed by atoms with van der Waals surface area (Å²) in [6, 6.07) is 0. The van der Waals surface area contributed by atoms with Gasteiger partial charge in [0, 0.05) is 11.9 Å². The molecule has 0 heterocycles. The molecule has 0 fully saturated rings. The summed E-state index contributed by atoms with van der Waals surface area (Å²) >= 11 is 0. The SMILES string of the molecule is CCCC(O)C(CC(C)C)C(=O)[O-]. The number of hydrogen-bond donors (Lipinski definition) is 1. The van der Waals surface area contributed by atoms with Crippen molar-refractivity contribution in [1.82, 2.24) is 0 Å². The van der Waals surface area contributed by atoms with Gasteiger partial charge in [-0.3, -0.25) is 0 Å². The molecule has 2 atom stereocenters. The average Bonchev–Trinajstić information content (AvgIpc) is 1.99. The predicted octanol–water partition coefficient (Wildman–Crippen LogP) is 0.560. The molecule has 0 amide bonds. The first-order valence-electron chi connectivity index (χ1n) is 4.88. The van der Waals surface area contributed by atoms with Crippen molar-refractivity contribution >= 4 is 5.97 Å². The second-order valence-electron chi connectivity index (χ2n) is 3.91. The van der Waals surface area contributed by atoms with Gasteiger partial charge >= 0.3 is 0 Å². The molecule has 3 heteroatoms. The van der Waals surface area contributed by atoms with Gasteiger partial charge in [0.15, 0.2) is 0 Å². The highest BCUT2D eigenvalue weighted by atomic mass is 16.4. The van der Waals surface area contributed by atoms with Crippen LogP contribution in [-0.2, 0) is 4.79 Å². The summed E-state index contributed by atoms with van der Waals surface area (Å²) < 4.78 is 0. The van der Waals surface area contributed by atoms with E-state index in [2.05, 4.69) is 0 Å². The molecule has 2 unspecified atom stereocenters. The molecule has 0 aromatic carbocycles. The van der Waals surface area contributed by atoms with Gasteiger partial charge in [-0.25, -0.2) is 0 Å². The van der Waals surface area contributed by atoms with Gasteiger partial charge in [-0.2, -0.15) is 0 Å². The molecule has 0 radical (unpaired) electrons. The van der Waals surface area contributed by atoms with Crippen molar-refractivity contribution in [3.05, 3.63) is 0 Å². The number of rotatable bonds is 6. The lowest BCUT2D eigenvalue weighted by Crippen LogP contribution is -2.39. The summed E-state index contributed by atoms with van der Waals surface area (Å²) in [4.78, 5) is 10.7. The number of carbonyl (C=O) groups is 1. The van der Waals surface area contributed by atoms with Gasteiger partial charge in [0.1, 0.15) is 0 Å². The van der Waals surface area contributed by atoms with Crippen molar-refractivity contribution in [3.63, 3.8) is 0 Å². The third kappa shape index (κ3) is 4.88. The van der Waals surface area contributed by atoms with Crippen molar-refractivity contribution in [3.8, 4) is 0 Å². The lowest BCUT2D eigenvalue weighted by molar-refractivity contribution is -0.315. The molecule has 0 spiro atoms. The Kier molecular flexibility index (Phi) is 5.71. The first-order valence-corrected chi connectivity index (χ1v) is 4.88. The molecule has 0 aliphatic rings. The molecule has 0 rings (SSSR count). The Hall–Kier alpha value is -0.570. The molecule has 13 heavy (non-hydrogen) atoms. The van der Waals surface area contributed by atoms with Gasteiger partial charge in [0.25, 0.3) is 0 Å². The van der Waals surface area contributed by atoms with E-state index >= 15 is 0 Å². The van der Waals surface area contributed by atoms with E-state index in [1.165, 1.54) is 0 Å². The van der Waals surface area contributed by atoms with Crippen LogP contribution >= 0.6 is 0 Å². The quantitative estimate of drug-likeness (QED) is 0.661. The van der Waals surface area contributed by atoms with Gasteiger partial charge in [-0.1, -0.05) is 27.2 Å². The zero-order chi connectivity index (χ0) is 10.4. The molecule has 0 aromatic rings. The first kappa shape index (κ1) is 12.4. The van der Waals surface area contributed by atoms with Crippen LogP contribution in [0.15, 0.2) is 0 Å². The molecule has 1 N–H and O–H groups in total. The van der Waals surface area contributed by atoms with E-state index in [1.54, 1.807) is 0 Å². The second-order valence-corrected chi connectivity index (χ2v) is 3.91. The van der Waals surface area contributed by atoms with Crippen molar-refractivity contribution in [2.75, 3.05) is 0 Å². The number of aliphatic carboxylic acids is 1. The van der Waals surface area contributed by atoms with Gasteiger partial charge in [-0.05, 0) is 18.8 Å². The summed E-state index contributed by atoms with van der Waals surface area (Å²) in [6.07, 6.45) is 1.06. The van der Waals surface area contributed by atoms with Crippen LogP contribution in [0.5, 0.6) is 0 Å². The van der Waals surface area contributed by atoms with Crippen LogP contribution in [0.2, 0.25) is 0 Å². The highest BCUT2D eigenvalue weighted by Crippen LogP contribution is 2.18. The topological polar surface area (TPSA) is 60.4 Å². The number of hydrogen-bond acceptors (Lipinski definition) is 3. The molecule has 0 saturated carbocycles. The van der Waals surface area contributed by atoms with Gasteiger partial charge in [0.05, 0.1) is 6.10 Å². The van der Waals surface area contributed by atoms with Crippen LogP contribution in [0.4, 0.5) is 0 Å². The first-order chi connectivity index (χ1) is 5.99. The molecular formula is C10H19O3-.